The van der Waals surface area contributed by atoms with Crippen molar-refractivity contribution in [1.82, 2.24) is 10.2 Å². The second-order valence-electron chi connectivity index (χ2n) is 3.22. The Labute approximate surface area is 80.5 Å². The van der Waals surface area contributed by atoms with Crippen LogP contribution in [0.25, 0.3) is 0 Å². The lowest BCUT2D eigenvalue weighted by molar-refractivity contribution is -0.109. The van der Waals surface area contributed by atoms with Crippen LogP contribution in [0.5, 0.6) is 0 Å². The average Bonchev–Trinajstić information content (AvgIpc) is 2.13. The summed E-state index contributed by atoms with van der Waals surface area (Å²) in [5.41, 5.74) is 5.39. The molecule has 3 N–H and O–H groups in total. The molecule has 0 fully saturated rings. The predicted molar refractivity (Wildman–Crippen MR) is 54.5 cm³/mol. The van der Waals surface area contributed by atoms with E-state index in [-0.39, 0.29) is 0 Å². The maximum Gasteiger partial charge on any atom is 0.207 e. The molecule has 0 aromatic rings. The van der Waals surface area contributed by atoms with Crippen molar-refractivity contribution in [3.8, 4) is 0 Å². The Morgan fingerprint density at radius 2 is 2.00 bits per heavy atom. The summed E-state index contributed by atoms with van der Waals surface area (Å²) in [4.78, 5) is 12.2. The van der Waals surface area contributed by atoms with Crippen LogP contribution in [-0.4, -0.2) is 44.5 Å². The van der Waals surface area contributed by atoms with E-state index < -0.39 is 0 Å². The van der Waals surface area contributed by atoms with E-state index in [2.05, 4.69) is 17.3 Å². The molecule has 0 unspecified atom stereocenters. The van der Waals surface area contributed by atoms with Crippen molar-refractivity contribution in [1.29, 1.82) is 0 Å². The predicted octanol–water partition coefficient (Wildman–Crippen LogP) is -0.207. The zero-order valence-corrected chi connectivity index (χ0v) is 8.46. The van der Waals surface area contributed by atoms with E-state index in [9.17, 15) is 4.79 Å². The normalized spacial score (nSPS) is 10.4. The van der Waals surface area contributed by atoms with Crippen molar-refractivity contribution < 1.29 is 4.79 Å². The summed E-state index contributed by atoms with van der Waals surface area (Å²) >= 11 is 0. The number of carbonyl (C=O) groups is 1. The zero-order valence-electron chi connectivity index (χ0n) is 8.46. The van der Waals surface area contributed by atoms with Gasteiger partial charge in [0.15, 0.2) is 0 Å². The molecule has 0 saturated heterocycles. The Morgan fingerprint density at radius 1 is 1.31 bits per heavy atom. The van der Waals surface area contributed by atoms with Crippen LogP contribution in [0.3, 0.4) is 0 Å². The molecule has 78 valence electrons. The van der Waals surface area contributed by atoms with Gasteiger partial charge in [-0.3, -0.25) is 4.79 Å². The first-order chi connectivity index (χ1) is 6.31. The summed E-state index contributed by atoms with van der Waals surface area (Å²) in [7, 11) is 2.09. The van der Waals surface area contributed by atoms with E-state index >= 15 is 0 Å². The standard InChI is InChI=1S/C9H21N3O/c1-12(7-3-2-5-10)8-4-6-11-9-13/h9H,2-8,10H2,1H3,(H,11,13). The van der Waals surface area contributed by atoms with Crippen molar-refractivity contribution in [2.45, 2.75) is 19.3 Å². The van der Waals surface area contributed by atoms with Gasteiger partial charge in [-0.25, -0.2) is 0 Å². The minimum absolute atomic E-state index is 0.744. The van der Waals surface area contributed by atoms with Crippen LogP contribution >= 0.6 is 0 Å². The van der Waals surface area contributed by atoms with Crippen molar-refractivity contribution >= 4 is 6.41 Å². The Balaban J connectivity index is 3.09. The van der Waals surface area contributed by atoms with Crippen LogP contribution in [0.4, 0.5) is 0 Å². The van der Waals surface area contributed by atoms with Crippen LogP contribution in [-0.2, 0) is 4.79 Å². The molecule has 0 aliphatic heterocycles. The van der Waals surface area contributed by atoms with Gasteiger partial charge in [0.1, 0.15) is 0 Å². The third kappa shape index (κ3) is 9.30. The van der Waals surface area contributed by atoms with Crippen LogP contribution in [0.1, 0.15) is 19.3 Å². The molecule has 0 aliphatic carbocycles. The molecule has 4 heteroatoms. The van der Waals surface area contributed by atoms with E-state index in [0.717, 1.165) is 51.9 Å². The van der Waals surface area contributed by atoms with Crippen molar-refractivity contribution in [2.75, 3.05) is 33.2 Å². The van der Waals surface area contributed by atoms with Gasteiger partial charge in [-0.1, -0.05) is 0 Å². The van der Waals surface area contributed by atoms with Gasteiger partial charge in [-0.2, -0.15) is 0 Å². The second-order valence-corrected chi connectivity index (χ2v) is 3.22. The largest absolute Gasteiger partial charge is 0.359 e. The number of hydrogen-bond acceptors (Lipinski definition) is 3. The summed E-state index contributed by atoms with van der Waals surface area (Å²) in [5.74, 6) is 0. The number of nitrogens with one attached hydrogen (secondary N) is 1. The Kier molecular flexibility index (Phi) is 9.03. The van der Waals surface area contributed by atoms with Gasteiger partial charge in [-0.05, 0) is 45.9 Å². The topological polar surface area (TPSA) is 58.4 Å². The second kappa shape index (κ2) is 9.48. The highest BCUT2D eigenvalue weighted by molar-refractivity contribution is 5.45. The molecule has 0 aliphatic rings. The number of unbranched alkanes of at least 4 members (excludes halogenated alkanes) is 1. The highest BCUT2D eigenvalue weighted by atomic mass is 16.1. The van der Waals surface area contributed by atoms with E-state index in [1.54, 1.807) is 0 Å². The van der Waals surface area contributed by atoms with Crippen molar-refractivity contribution in [3.63, 3.8) is 0 Å². The van der Waals surface area contributed by atoms with Gasteiger partial charge < -0.3 is 16.0 Å². The number of nitrogens with zero attached hydrogens (tertiary/aromatic N) is 1. The molecule has 13 heavy (non-hydrogen) atoms. The van der Waals surface area contributed by atoms with Crippen molar-refractivity contribution in [2.24, 2.45) is 5.73 Å². The fourth-order valence-electron chi connectivity index (χ4n) is 1.15. The summed E-state index contributed by atoms with van der Waals surface area (Å²) in [6.45, 7) is 3.68. The first kappa shape index (κ1) is 12.4. The van der Waals surface area contributed by atoms with Gasteiger partial charge in [0.05, 0.1) is 0 Å². The average molecular weight is 187 g/mol. The molecule has 1 amide bonds. The number of amides is 1. The zero-order chi connectivity index (χ0) is 9.94. The maximum atomic E-state index is 9.92. The molecule has 0 heterocycles. The SMILES string of the molecule is CN(CCCCN)CCCNC=O. The summed E-state index contributed by atoms with van der Waals surface area (Å²) in [5, 5.41) is 2.64. The third-order valence-corrected chi connectivity index (χ3v) is 1.94. The number of carbonyl (C=O) groups excluding carboxylic acids is 1. The summed E-state index contributed by atoms with van der Waals surface area (Å²) in [6.07, 6.45) is 4.01. The maximum absolute atomic E-state index is 9.92. The Morgan fingerprint density at radius 3 is 2.62 bits per heavy atom. The highest BCUT2D eigenvalue weighted by Crippen LogP contribution is 1.92. The molecule has 0 aromatic heterocycles. The minimum atomic E-state index is 0.744. The van der Waals surface area contributed by atoms with Gasteiger partial charge in [-0.15, -0.1) is 0 Å². The van der Waals surface area contributed by atoms with Crippen LogP contribution in [0.2, 0.25) is 0 Å². The van der Waals surface area contributed by atoms with E-state index in [4.69, 9.17) is 5.73 Å². The molecule has 0 aromatic carbocycles. The molecule has 0 atom stereocenters. The van der Waals surface area contributed by atoms with E-state index in [1.165, 1.54) is 0 Å². The Bertz CT molecular complexity index is 119. The Hall–Kier alpha value is -0.610. The van der Waals surface area contributed by atoms with Gasteiger partial charge in [0.2, 0.25) is 6.41 Å². The van der Waals surface area contributed by atoms with E-state index in [0.29, 0.717) is 0 Å². The molecule has 0 bridgehead atoms. The number of rotatable bonds is 9. The van der Waals surface area contributed by atoms with Gasteiger partial charge >= 0.3 is 0 Å². The van der Waals surface area contributed by atoms with Crippen molar-refractivity contribution in [3.05, 3.63) is 0 Å². The molecular weight excluding hydrogens is 166 g/mol. The molecule has 0 radical (unpaired) electrons. The first-order valence-corrected chi connectivity index (χ1v) is 4.87. The fraction of sp³-hybridized carbons (Fsp3) is 0.889. The lowest BCUT2D eigenvalue weighted by Gasteiger charge is -2.15. The summed E-state index contributed by atoms with van der Waals surface area (Å²) in [6, 6.07) is 0. The minimum Gasteiger partial charge on any atom is -0.359 e. The third-order valence-electron chi connectivity index (χ3n) is 1.94. The molecule has 4 nitrogen and oxygen atoms in total. The summed E-state index contributed by atoms with van der Waals surface area (Å²) < 4.78 is 0. The molecule has 0 rings (SSSR count). The fourth-order valence-corrected chi connectivity index (χ4v) is 1.15. The van der Waals surface area contributed by atoms with Crippen LogP contribution < -0.4 is 11.1 Å². The van der Waals surface area contributed by atoms with Gasteiger partial charge in [0.25, 0.3) is 0 Å². The number of hydrogen-bond donors (Lipinski definition) is 2. The lowest BCUT2D eigenvalue weighted by atomic mass is 10.3. The first-order valence-electron chi connectivity index (χ1n) is 4.87. The molecule has 0 spiro atoms. The van der Waals surface area contributed by atoms with Crippen LogP contribution in [0, 0.1) is 0 Å². The molecular formula is C9H21N3O. The highest BCUT2D eigenvalue weighted by Gasteiger charge is 1.96. The van der Waals surface area contributed by atoms with E-state index in [1.807, 2.05) is 0 Å². The van der Waals surface area contributed by atoms with Gasteiger partial charge in [0, 0.05) is 6.54 Å². The van der Waals surface area contributed by atoms with Crippen LogP contribution in [0.15, 0.2) is 0 Å². The number of nitrogens with two attached hydrogens (primary N) is 1. The quantitative estimate of drug-likeness (QED) is 0.388. The smallest absolute Gasteiger partial charge is 0.207 e. The lowest BCUT2D eigenvalue weighted by Crippen LogP contribution is -2.24. The molecule has 0 saturated carbocycles. The monoisotopic (exact) mass is 187 g/mol.